The maximum absolute atomic E-state index is 13.5. The molecule has 6 nitrogen and oxygen atoms in total. The molecule has 4 rings (SSSR count). The predicted octanol–water partition coefficient (Wildman–Crippen LogP) is 4.33. The Morgan fingerprint density at radius 1 is 1.06 bits per heavy atom. The number of thiophene rings is 1. The van der Waals surface area contributed by atoms with Crippen molar-refractivity contribution in [3.63, 3.8) is 0 Å². The van der Waals surface area contributed by atoms with Gasteiger partial charge in [0.25, 0.3) is 5.56 Å². The van der Waals surface area contributed by atoms with Crippen LogP contribution in [0.3, 0.4) is 0 Å². The van der Waals surface area contributed by atoms with Crippen molar-refractivity contribution < 1.29 is 19.1 Å². The summed E-state index contributed by atoms with van der Waals surface area (Å²) < 4.78 is 13.3. The highest BCUT2D eigenvalue weighted by atomic mass is 32.1. The van der Waals surface area contributed by atoms with E-state index in [4.69, 9.17) is 9.47 Å². The van der Waals surface area contributed by atoms with Crippen LogP contribution in [0.5, 0.6) is 5.75 Å². The summed E-state index contributed by atoms with van der Waals surface area (Å²) in [6.45, 7) is 2.89. The first-order valence-electron chi connectivity index (χ1n) is 9.97. The van der Waals surface area contributed by atoms with Crippen molar-refractivity contribution in [2.24, 2.45) is 0 Å². The van der Waals surface area contributed by atoms with Gasteiger partial charge in [-0.2, -0.15) is 0 Å². The van der Waals surface area contributed by atoms with Crippen LogP contribution in [0.15, 0.2) is 59.4 Å². The van der Waals surface area contributed by atoms with Gasteiger partial charge in [-0.15, -0.1) is 11.3 Å². The number of fused-ring (bicyclic) bond motifs is 3. The fourth-order valence-electron chi connectivity index (χ4n) is 3.55. The van der Waals surface area contributed by atoms with E-state index >= 15 is 0 Å². The molecular weight excluding hydrogens is 414 g/mol. The van der Waals surface area contributed by atoms with Crippen LogP contribution in [0.4, 0.5) is 0 Å². The van der Waals surface area contributed by atoms with E-state index in [1.165, 1.54) is 15.9 Å². The average Bonchev–Trinajstić information content (AvgIpc) is 3.19. The van der Waals surface area contributed by atoms with Crippen molar-refractivity contribution >= 4 is 44.4 Å². The normalized spacial score (nSPS) is 11.1. The summed E-state index contributed by atoms with van der Waals surface area (Å²) in [5.74, 6) is 0.0863. The first-order valence-corrected chi connectivity index (χ1v) is 10.8. The summed E-state index contributed by atoms with van der Waals surface area (Å²) in [6, 6.07) is 16.3. The summed E-state index contributed by atoms with van der Waals surface area (Å²) in [6.07, 6.45) is 0.703. The molecule has 2 aromatic carbocycles. The highest BCUT2D eigenvalue weighted by Crippen LogP contribution is 2.38. The zero-order valence-electron chi connectivity index (χ0n) is 17.0. The van der Waals surface area contributed by atoms with Crippen molar-refractivity contribution in [2.75, 3.05) is 19.8 Å². The van der Waals surface area contributed by atoms with Crippen molar-refractivity contribution in [1.82, 2.24) is 4.57 Å². The largest absolute Gasteiger partial charge is 0.489 e. The van der Waals surface area contributed by atoms with E-state index in [-0.39, 0.29) is 30.2 Å². The lowest BCUT2D eigenvalue weighted by molar-refractivity contribution is 0.0972. The molecule has 0 aliphatic heterocycles. The molecule has 0 fully saturated rings. The molecular formula is C24H21NO5S. The van der Waals surface area contributed by atoms with E-state index < -0.39 is 0 Å². The van der Waals surface area contributed by atoms with Crippen LogP contribution in [0, 0.1) is 0 Å². The maximum atomic E-state index is 13.5. The second-order valence-corrected chi connectivity index (χ2v) is 7.91. The van der Waals surface area contributed by atoms with Gasteiger partial charge < -0.3 is 9.47 Å². The summed E-state index contributed by atoms with van der Waals surface area (Å²) in [5, 5.41) is 1.12. The summed E-state index contributed by atoms with van der Waals surface area (Å²) in [5.41, 5.74) is 0.822. The number of rotatable bonds is 9. The molecule has 4 aromatic rings. The fourth-order valence-corrected chi connectivity index (χ4v) is 4.63. The number of para-hydroxylation sites is 1. The molecule has 0 aliphatic carbocycles. The van der Waals surface area contributed by atoms with E-state index in [1.54, 1.807) is 24.3 Å². The van der Waals surface area contributed by atoms with E-state index in [0.29, 0.717) is 45.5 Å². The summed E-state index contributed by atoms with van der Waals surface area (Å²) >= 11 is 1.22. The molecule has 0 bridgehead atoms. The Balaban J connectivity index is 1.89. The van der Waals surface area contributed by atoms with Crippen LogP contribution in [-0.4, -0.2) is 36.5 Å². The minimum atomic E-state index is -0.353. The lowest BCUT2D eigenvalue weighted by Gasteiger charge is -2.12. The number of aromatic nitrogens is 1. The lowest BCUT2D eigenvalue weighted by Crippen LogP contribution is -2.25. The molecule has 0 saturated heterocycles. The quantitative estimate of drug-likeness (QED) is 0.222. The Hall–Kier alpha value is -3.29. The highest BCUT2D eigenvalue weighted by molar-refractivity contribution is 7.22. The molecule has 0 N–H and O–H groups in total. The molecule has 0 saturated carbocycles. The number of ether oxygens (including phenoxy) is 2. The summed E-state index contributed by atoms with van der Waals surface area (Å²) in [7, 11) is 0. The molecule has 0 amide bonds. The van der Waals surface area contributed by atoms with Crippen LogP contribution in [0.25, 0.3) is 21.0 Å². The molecule has 7 heteroatoms. The number of nitrogens with zero attached hydrogens (tertiary/aromatic N) is 1. The van der Waals surface area contributed by atoms with Crippen molar-refractivity contribution in [2.45, 2.75) is 13.5 Å². The second-order valence-electron chi connectivity index (χ2n) is 6.86. The first-order chi connectivity index (χ1) is 15.2. The van der Waals surface area contributed by atoms with Gasteiger partial charge in [0.2, 0.25) is 0 Å². The number of hydrogen-bond acceptors (Lipinski definition) is 6. The smallest absolute Gasteiger partial charge is 0.264 e. The maximum Gasteiger partial charge on any atom is 0.264 e. The van der Waals surface area contributed by atoms with Crippen LogP contribution in [0.2, 0.25) is 0 Å². The molecule has 0 unspecified atom stereocenters. The van der Waals surface area contributed by atoms with Gasteiger partial charge in [-0.05, 0) is 13.0 Å². The zero-order chi connectivity index (χ0) is 21.8. The Bertz CT molecular complexity index is 1310. The Labute approximate surface area is 182 Å². The minimum absolute atomic E-state index is 0.107. The molecule has 31 heavy (non-hydrogen) atoms. The topological polar surface area (TPSA) is 74.6 Å². The number of pyridine rings is 1. The van der Waals surface area contributed by atoms with E-state index in [9.17, 15) is 14.4 Å². The minimum Gasteiger partial charge on any atom is -0.489 e. The number of benzene rings is 2. The van der Waals surface area contributed by atoms with Gasteiger partial charge in [-0.25, -0.2) is 0 Å². The number of carbonyl (C=O) groups is 2. The van der Waals surface area contributed by atoms with Gasteiger partial charge in [0, 0.05) is 17.6 Å². The number of ketones is 1. The van der Waals surface area contributed by atoms with E-state index in [1.807, 2.05) is 37.3 Å². The highest BCUT2D eigenvalue weighted by Gasteiger charge is 2.22. The Kier molecular flexibility index (Phi) is 6.25. The second kappa shape index (κ2) is 9.24. The zero-order valence-corrected chi connectivity index (χ0v) is 17.8. The molecule has 0 atom stereocenters. The third kappa shape index (κ3) is 4.02. The van der Waals surface area contributed by atoms with Crippen molar-refractivity contribution in [1.29, 1.82) is 0 Å². The first kappa shape index (κ1) is 21.0. The summed E-state index contributed by atoms with van der Waals surface area (Å²) in [4.78, 5) is 38.5. The van der Waals surface area contributed by atoms with E-state index in [2.05, 4.69) is 0 Å². The molecule has 158 valence electrons. The van der Waals surface area contributed by atoms with Gasteiger partial charge in [0.15, 0.2) is 17.8 Å². The molecule has 0 aliphatic rings. The lowest BCUT2D eigenvalue weighted by atomic mass is 10.1. The molecule has 2 aromatic heterocycles. The number of Topliss-reactive ketones (excluding diaryl/α,β-unsaturated/α-hetero) is 1. The van der Waals surface area contributed by atoms with Gasteiger partial charge >= 0.3 is 0 Å². The number of carbonyl (C=O) groups excluding carboxylic acids is 2. The average molecular weight is 436 g/mol. The predicted molar refractivity (Wildman–Crippen MR) is 122 cm³/mol. The fraction of sp³-hybridized carbons (Fsp3) is 0.208. The Morgan fingerprint density at radius 3 is 2.55 bits per heavy atom. The van der Waals surface area contributed by atoms with Gasteiger partial charge in [-0.3, -0.25) is 19.0 Å². The van der Waals surface area contributed by atoms with Crippen LogP contribution in [0.1, 0.15) is 27.0 Å². The van der Waals surface area contributed by atoms with Crippen LogP contribution in [-0.2, 0) is 11.3 Å². The standard InChI is InChI=1S/C24H21NO5S/c1-2-29-12-13-30-22-20(15-26)31-23-17-10-6-7-11-18(17)25(24(28)21(22)23)14-19(27)16-8-4-3-5-9-16/h3-11,15H,2,12-14H2,1H3. The third-order valence-electron chi connectivity index (χ3n) is 4.97. The third-order valence-corrected chi connectivity index (χ3v) is 6.10. The van der Waals surface area contributed by atoms with E-state index in [0.717, 1.165) is 5.39 Å². The SMILES string of the molecule is CCOCCOc1c(C=O)sc2c1c(=O)n(CC(=O)c1ccccc1)c1ccccc21. The molecule has 2 heterocycles. The Morgan fingerprint density at radius 2 is 1.81 bits per heavy atom. The van der Waals surface area contributed by atoms with Crippen molar-refractivity contribution in [3.05, 3.63) is 75.4 Å². The van der Waals surface area contributed by atoms with Crippen LogP contribution < -0.4 is 10.3 Å². The van der Waals surface area contributed by atoms with Crippen LogP contribution >= 0.6 is 11.3 Å². The van der Waals surface area contributed by atoms with Gasteiger partial charge in [0.1, 0.15) is 16.9 Å². The monoisotopic (exact) mass is 435 g/mol. The number of hydrogen-bond donors (Lipinski definition) is 0. The van der Waals surface area contributed by atoms with Gasteiger partial charge in [0.05, 0.1) is 23.4 Å². The molecule has 0 spiro atoms. The van der Waals surface area contributed by atoms with Gasteiger partial charge in [-0.1, -0.05) is 48.5 Å². The molecule has 0 radical (unpaired) electrons. The van der Waals surface area contributed by atoms with Crippen molar-refractivity contribution in [3.8, 4) is 5.75 Å². The number of aldehydes is 1.